The fourth-order valence-electron chi connectivity index (χ4n) is 4.90. The van der Waals surface area contributed by atoms with E-state index >= 15 is 0 Å². The van der Waals surface area contributed by atoms with E-state index in [0.717, 1.165) is 47.7 Å². The molecule has 3 aromatic carbocycles. The van der Waals surface area contributed by atoms with Crippen molar-refractivity contribution in [1.82, 2.24) is 10.2 Å². The molecule has 1 atom stereocenters. The molecule has 224 valence electrons. The number of hydrogen-bond donors (Lipinski definition) is 1. The van der Waals surface area contributed by atoms with Gasteiger partial charge in [0.2, 0.25) is 11.8 Å². The quantitative estimate of drug-likeness (QED) is 0.288. The number of halogens is 2. The summed E-state index contributed by atoms with van der Waals surface area (Å²) >= 11 is 6.05. The number of sulfonamides is 1. The van der Waals surface area contributed by atoms with E-state index in [-0.39, 0.29) is 29.1 Å². The van der Waals surface area contributed by atoms with Gasteiger partial charge in [0.05, 0.1) is 17.2 Å². The lowest BCUT2D eigenvalue weighted by molar-refractivity contribution is -0.139. The zero-order valence-electron chi connectivity index (χ0n) is 23.6. The second-order valence-electron chi connectivity index (χ2n) is 10.2. The Balaban J connectivity index is 1.67. The van der Waals surface area contributed by atoms with Crippen LogP contribution in [0.1, 0.15) is 45.1 Å². The molecule has 0 aromatic heterocycles. The summed E-state index contributed by atoms with van der Waals surface area (Å²) in [7, 11) is -4.28. The molecule has 1 saturated carbocycles. The lowest BCUT2D eigenvalue weighted by Crippen LogP contribution is -2.52. The predicted molar refractivity (Wildman–Crippen MR) is 160 cm³/mol. The summed E-state index contributed by atoms with van der Waals surface area (Å²) in [6.07, 6.45) is 3.82. The van der Waals surface area contributed by atoms with E-state index in [1.54, 1.807) is 31.2 Å². The predicted octanol–water partition coefficient (Wildman–Crippen LogP) is 5.55. The van der Waals surface area contributed by atoms with Crippen molar-refractivity contribution >= 4 is 39.1 Å². The van der Waals surface area contributed by atoms with Crippen LogP contribution in [-0.4, -0.2) is 50.4 Å². The van der Waals surface area contributed by atoms with Crippen molar-refractivity contribution in [3.63, 3.8) is 0 Å². The van der Waals surface area contributed by atoms with E-state index in [0.29, 0.717) is 17.4 Å². The van der Waals surface area contributed by atoms with Crippen molar-refractivity contribution in [2.45, 2.75) is 63.1 Å². The van der Waals surface area contributed by atoms with Gasteiger partial charge in [-0.3, -0.25) is 13.9 Å². The summed E-state index contributed by atoms with van der Waals surface area (Å²) in [6.45, 7) is 3.29. The molecule has 0 radical (unpaired) electrons. The van der Waals surface area contributed by atoms with Gasteiger partial charge in [-0.1, -0.05) is 36.6 Å². The molecule has 3 aromatic rings. The lowest BCUT2D eigenvalue weighted by Gasteiger charge is -2.32. The molecular formula is C31H35ClFN3O5S. The third kappa shape index (κ3) is 7.80. The Morgan fingerprint density at radius 3 is 2.21 bits per heavy atom. The fraction of sp³-hybridized carbons (Fsp3) is 0.355. The standard InChI is InChI=1S/C31H35ClFN3O5S/c1-3-41-28-16-18-29(19-17-28)42(39,40)36(27-14-12-25(33)13-15-27)21-30(37)35(20-23-8-10-24(32)11-9-23)22(2)31(38)34-26-6-4-5-7-26/h8-19,22,26H,3-7,20-21H2,1-2H3,(H,34,38)/t22-/m0/s1. The Morgan fingerprint density at radius 1 is 1.00 bits per heavy atom. The van der Waals surface area contributed by atoms with Gasteiger partial charge in [-0.05, 0) is 92.9 Å². The summed E-state index contributed by atoms with van der Waals surface area (Å²) in [5.74, 6) is -0.966. The number of amides is 2. The van der Waals surface area contributed by atoms with Crippen molar-refractivity contribution in [2.75, 3.05) is 17.5 Å². The van der Waals surface area contributed by atoms with E-state index in [1.807, 2.05) is 6.92 Å². The van der Waals surface area contributed by atoms with Gasteiger partial charge in [-0.25, -0.2) is 12.8 Å². The molecule has 0 unspecified atom stereocenters. The van der Waals surface area contributed by atoms with Crippen LogP contribution in [0.2, 0.25) is 5.02 Å². The van der Waals surface area contributed by atoms with Gasteiger partial charge in [-0.15, -0.1) is 0 Å². The largest absolute Gasteiger partial charge is 0.494 e. The highest BCUT2D eigenvalue weighted by molar-refractivity contribution is 7.92. The smallest absolute Gasteiger partial charge is 0.264 e. The molecule has 1 N–H and O–H groups in total. The summed E-state index contributed by atoms with van der Waals surface area (Å²) in [6, 6.07) is 16.7. The number of carbonyl (C=O) groups is 2. The van der Waals surface area contributed by atoms with E-state index in [4.69, 9.17) is 16.3 Å². The van der Waals surface area contributed by atoms with E-state index in [9.17, 15) is 22.4 Å². The van der Waals surface area contributed by atoms with Crippen LogP contribution in [0.25, 0.3) is 0 Å². The average Bonchev–Trinajstić information content (AvgIpc) is 3.49. The monoisotopic (exact) mass is 615 g/mol. The topological polar surface area (TPSA) is 96.0 Å². The summed E-state index contributed by atoms with van der Waals surface area (Å²) in [5, 5.41) is 3.55. The number of carbonyl (C=O) groups excluding carboxylic acids is 2. The fourth-order valence-corrected chi connectivity index (χ4v) is 6.44. The zero-order chi connectivity index (χ0) is 30.3. The first-order valence-electron chi connectivity index (χ1n) is 13.9. The van der Waals surface area contributed by atoms with Gasteiger partial charge in [0, 0.05) is 17.6 Å². The van der Waals surface area contributed by atoms with Crippen LogP contribution in [0.5, 0.6) is 5.75 Å². The normalized spacial score (nSPS) is 14.3. The molecule has 11 heteroatoms. The lowest BCUT2D eigenvalue weighted by atomic mass is 10.1. The molecule has 0 spiro atoms. The molecule has 1 aliphatic carbocycles. The Morgan fingerprint density at radius 2 is 1.62 bits per heavy atom. The number of nitrogens with one attached hydrogen (secondary N) is 1. The summed E-state index contributed by atoms with van der Waals surface area (Å²) < 4.78 is 48.0. The SMILES string of the molecule is CCOc1ccc(S(=O)(=O)N(CC(=O)N(Cc2ccc(Cl)cc2)[C@@H](C)C(=O)NC2CCCC2)c2ccc(F)cc2)cc1. The molecule has 4 rings (SSSR count). The average molecular weight is 616 g/mol. The van der Waals surface area contributed by atoms with Crippen LogP contribution in [0.15, 0.2) is 77.7 Å². The summed E-state index contributed by atoms with van der Waals surface area (Å²) in [5.41, 5.74) is 0.823. The number of rotatable bonds is 12. The number of hydrogen-bond acceptors (Lipinski definition) is 5. The maximum atomic E-state index is 14.0. The van der Waals surface area contributed by atoms with Crippen molar-refractivity contribution in [3.8, 4) is 5.75 Å². The van der Waals surface area contributed by atoms with Gasteiger partial charge in [0.25, 0.3) is 10.0 Å². The van der Waals surface area contributed by atoms with Crippen LogP contribution in [-0.2, 0) is 26.2 Å². The Bertz CT molecular complexity index is 1460. The number of benzene rings is 3. The maximum Gasteiger partial charge on any atom is 0.264 e. The van der Waals surface area contributed by atoms with Gasteiger partial charge in [0.15, 0.2) is 0 Å². The minimum Gasteiger partial charge on any atom is -0.494 e. The van der Waals surface area contributed by atoms with Crippen molar-refractivity contribution in [3.05, 3.63) is 89.2 Å². The van der Waals surface area contributed by atoms with Gasteiger partial charge in [-0.2, -0.15) is 0 Å². The second-order valence-corrected chi connectivity index (χ2v) is 12.5. The van der Waals surface area contributed by atoms with Crippen molar-refractivity contribution in [1.29, 1.82) is 0 Å². The molecule has 0 aliphatic heterocycles. The minimum atomic E-state index is -4.28. The maximum absolute atomic E-state index is 14.0. The van der Waals surface area contributed by atoms with E-state index in [2.05, 4.69) is 5.32 Å². The first kappa shape index (κ1) is 31.3. The molecule has 1 fully saturated rings. The molecule has 8 nitrogen and oxygen atoms in total. The van der Waals surface area contributed by atoms with Crippen LogP contribution in [0, 0.1) is 5.82 Å². The number of anilines is 1. The molecule has 0 saturated heterocycles. The first-order valence-corrected chi connectivity index (χ1v) is 15.8. The zero-order valence-corrected chi connectivity index (χ0v) is 25.2. The number of ether oxygens (including phenoxy) is 1. The van der Waals surface area contributed by atoms with Crippen molar-refractivity contribution < 1.29 is 27.1 Å². The van der Waals surface area contributed by atoms with Crippen LogP contribution < -0.4 is 14.4 Å². The van der Waals surface area contributed by atoms with Crippen LogP contribution in [0.3, 0.4) is 0 Å². The van der Waals surface area contributed by atoms with Gasteiger partial charge >= 0.3 is 0 Å². The highest BCUT2D eigenvalue weighted by Gasteiger charge is 2.33. The molecule has 0 heterocycles. The van der Waals surface area contributed by atoms with Crippen LogP contribution >= 0.6 is 11.6 Å². The van der Waals surface area contributed by atoms with Crippen LogP contribution in [0.4, 0.5) is 10.1 Å². The van der Waals surface area contributed by atoms with E-state index < -0.39 is 34.3 Å². The first-order chi connectivity index (χ1) is 20.1. The second kappa shape index (κ2) is 14.0. The Labute approximate surface area is 251 Å². The number of nitrogens with zero attached hydrogens (tertiary/aromatic N) is 2. The molecule has 42 heavy (non-hydrogen) atoms. The molecule has 2 amide bonds. The van der Waals surface area contributed by atoms with Gasteiger partial charge in [0.1, 0.15) is 24.2 Å². The van der Waals surface area contributed by atoms with Gasteiger partial charge < -0.3 is 15.0 Å². The molecule has 1 aliphatic rings. The minimum absolute atomic E-state index is 0.0446. The summed E-state index contributed by atoms with van der Waals surface area (Å²) in [4.78, 5) is 28.5. The Kier molecular flexibility index (Phi) is 10.5. The highest BCUT2D eigenvalue weighted by Crippen LogP contribution is 2.27. The third-order valence-corrected chi connectivity index (χ3v) is 9.29. The Hall–Kier alpha value is -3.63. The molecular weight excluding hydrogens is 581 g/mol. The van der Waals surface area contributed by atoms with Crippen molar-refractivity contribution in [2.24, 2.45) is 0 Å². The van der Waals surface area contributed by atoms with E-state index in [1.165, 1.54) is 41.3 Å². The molecule has 0 bridgehead atoms. The third-order valence-electron chi connectivity index (χ3n) is 7.25. The highest BCUT2D eigenvalue weighted by atomic mass is 35.5.